The highest BCUT2D eigenvalue weighted by Gasteiger charge is 2.13. The number of nitro groups is 1. The van der Waals surface area contributed by atoms with E-state index >= 15 is 0 Å². The van der Waals surface area contributed by atoms with Gasteiger partial charge in [-0.3, -0.25) is 10.1 Å². The minimum absolute atomic E-state index is 0.0676. The lowest BCUT2D eigenvalue weighted by Crippen LogP contribution is -1.96. The normalized spacial score (nSPS) is 11.0. The van der Waals surface area contributed by atoms with E-state index in [9.17, 15) is 15.4 Å². The summed E-state index contributed by atoms with van der Waals surface area (Å²) >= 11 is 7.20. The van der Waals surface area contributed by atoms with Gasteiger partial charge in [0, 0.05) is 28.2 Å². The number of nitriles is 1. The van der Waals surface area contributed by atoms with Crippen molar-refractivity contribution in [3.05, 3.63) is 80.3 Å². The second-order valence-corrected chi connectivity index (χ2v) is 6.43. The third-order valence-electron chi connectivity index (χ3n) is 3.47. The highest BCUT2D eigenvalue weighted by Crippen LogP contribution is 2.28. The molecule has 0 aliphatic heterocycles. The van der Waals surface area contributed by atoms with Gasteiger partial charge in [0.05, 0.1) is 10.6 Å². The number of nitro benzene ring substituents is 1. The Bertz CT molecular complexity index is 1020. The van der Waals surface area contributed by atoms with Crippen LogP contribution in [0.2, 0.25) is 5.02 Å². The van der Waals surface area contributed by atoms with Gasteiger partial charge in [0.15, 0.2) is 0 Å². The first-order valence-corrected chi connectivity index (χ1v) is 8.66. The zero-order valence-electron chi connectivity index (χ0n) is 13.2. The lowest BCUT2D eigenvalue weighted by molar-refractivity contribution is -0.383. The van der Waals surface area contributed by atoms with Gasteiger partial charge in [-0.05, 0) is 18.2 Å². The van der Waals surface area contributed by atoms with Crippen LogP contribution < -0.4 is 5.32 Å². The summed E-state index contributed by atoms with van der Waals surface area (Å²) in [6.45, 7) is 0. The van der Waals surface area contributed by atoms with E-state index in [2.05, 4.69) is 16.4 Å². The van der Waals surface area contributed by atoms with Crippen LogP contribution in [0.4, 0.5) is 11.4 Å². The first-order valence-electron chi connectivity index (χ1n) is 7.40. The molecule has 0 aliphatic rings. The van der Waals surface area contributed by atoms with Crippen molar-refractivity contribution in [2.24, 2.45) is 0 Å². The van der Waals surface area contributed by atoms with Crippen molar-refractivity contribution in [3.63, 3.8) is 0 Å². The standard InChI is InChI=1S/C18H11ClN4O2S/c19-14-7-5-12(6-8-14)16-11-26-18(22-16)13(9-20)10-21-15-3-1-2-4-17(15)23(24)25/h1-8,10-11,21H. The molecule has 3 aromatic rings. The van der Waals surface area contributed by atoms with Gasteiger partial charge in [-0.2, -0.15) is 5.26 Å². The van der Waals surface area contributed by atoms with Crippen molar-refractivity contribution < 1.29 is 4.92 Å². The summed E-state index contributed by atoms with van der Waals surface area (Å²) in [7, 11) is 0. The summed E-state index contributed by atoms with van der Waals surface area (Å²) in [6.07, 6.45) is 1.42. The number of para-hydroxylation sites is 2. The molecule has 128 valence electrons. The highest BCUT2D eigenvalue weighted by atomic mass is 35.5. The highest BCUT2D eigenvalue weighted by molar-refractivity contribution is 7.11. The molecule has 26 heavy (non-hydrogen) atoms. The number of nitrogens with zero attached hydrogens (tertiary/aromatic N) is 3. The van der Waals surface area contributed by atoms with Crippen molar-refractivity contribution in [2.45, 2.75) is 0 Å². The Kier molecular flexibility index (Phi) is 5.27. The number of rotatable bonds is 5. The van der Waals surface area contributed by atoms with Crippen LogP contribution in [-0.4, -0.2) is 9.91 Å². The van der Waals surface area contributed by atoms with Crippen LogP contribution >= 0.6 is 22.9 Å². The van der Waals surface area contributed by atoms with Crippen LogP contribution in [0.5, 0.6) is 0 Å². The average molecular weight is 383 g/mol. The fourth-order valence-corrected chi connectivity index (χ4v) is 3.12. The number of anilines is 1. The molecule has 0 bridgehead atoms. The van der Waals surface area contributed by atoms with E-state index in [1.807, 2.05) is 17.5 Å². The number of nitrogens with one attached hydrogen (secondary N) is 1. The molecule has 0 amide bonds. The van der Waals surface area contributed by atoms with Gasteiger partial charge >= 0.3 is 0 Å². The maximum Gasteiger partial charge on any atom is 0.292 e. The zero-order chi connectivity index (χ0) is 18.5. The fraction of sp³-hybridized carbons (Fsp3) is 0. The van der Waals surface area contributed by atoms with Gasteiger partial charge in [-0.1, -0.05) is 35.9 Å². The Morgan fingerprint density at radius 3 is 2.69 bits per heavy atom. The van der Waals surface area contributed by atoms with Crippen molar-refractivity contribution >= 4 is 39.9 Å². The number of allylic oxidation sites excluding steroid dienone is 1. The molecule has 6 nitrogen and oxygen atoms in total. The predicted molar refractivity (Wildman–Crippen MR) is 103 cm³/mol. The molecule has 8 heteroatoms. The van der Waals surface area contributed by atoms with E-state index in [1.165, 1.54) is 23.6 Å². The number of hydrogen-bond acceptors (Lipinski definition) is 6. The number of aromatic nitrogens is 1. The van der Waals surface area contributed by atoms with Crippen molar-refractivity contribution in [1.29, 1.82) is 5.26 Å². The largest absolute Gasteiger partial charge is 0.355 e. The van der Waals surface area contributed by atoms with Crippen molar-refractivity contribution in [3.8, 4) is 17.3 Å². The molecule has 1 heterocycles. The molecule has 0 spiro atoms. The van der Waals surface area contributed by atoms with Crippen LogP contribution in [0.15, 0.2) is 60.1 Å². The number of hydrogen-bond donors (Lipinski definition) is 1. The van der Waals surface area contributed by atoms with Gasteiger partial charge in [-0.25, -0.2) is 4.98 Å². The van der Waals surface area contributed by atoms with E-state index in [0.29, 0.717) is 15.7 Å². The van der Waals surface area contributed by atoms with E-state index in [-0.39, 0.29) is 11.3 Å². The minimum Gasteiger partial charge on any atom is -0.355 e. The predicted octanol–water partition coefficient (Wildman–Crippen LogP) is 5.35. The summed E-state index contributed by atoms with van der Waals surface area (Å²) in [5.41, 5.74) is 2.14. The van der Waals surface area contributed by atoms with Gasteiger partial charge in [-0.15, -0.1) is 11.3 Å². The Morgan fingerprint density at radius 2 is 2.00 bits per heavy atom. The Labute approximate surface area is 158 Å². The molecule has 1 N–H and O–H groups in total. The monoisotopic (exact) mass is 382 g/mol. The van der Waals surface area contributed by atoms with Crippen LogP contribution in [0, 0.1) is 21.4 Å². The number of benzene rings is 2. The topological polar surface area (TPSA) is 91.8 Å². The Balaban J connectivity index is 1.86. The van der Waals surface area contributed by atoms with Crippen LogP contribution in [0.25, 0.3) is 16.8 Å². The molecule has 0 fully saturated rings. The summed E-state index contributed by atoms with van der Waals surface area (Å²) in [5, 5.41) is 26.3. The molecule has 0 saturated carbocycles. The molecule has 2 aromatic carbocycles. The van der Waals surface area contributed by atoms with E-state index < -0.39 is 4.92 Å². The second kappa shape index (κ2) is 7.78. The minimum atomic E-state index is -0.482. The molecule has 0 saturated heterocycles. The number of halogens is 1. The number of thiazole rings is 1. The molecular formula is C18H11ClN4O2S. The molecular weight excluding hydrogens is 372 g/mol. The average Bonchev–Trinajstić information content (AvgIpc) is 3.13. The maximum atomic E-state index is 11.1. The fourth-order valence-electron chi connectivity index (χ4n) is 2.20. The summed E-state index contributed by atoms with van der Waals surface area (Å²) in [5.74, 6) is 0. The van der Waals surface area contributed by atoms with E-state index in [0.717, 1.165) is 11.3 Å². The summed E-state index contributed by atoms with van der Waals surface area (Å²) < 4.78 is 0. The molecule has 0 aliphatic carbocycles. The van der Waals surface area contributed by atoms with E-state index in [1.54, 1.807) is 30.3 Å². The smallest absolute Gasteiger partial charge is 0.292 e. The van der Waals surface area contributed by atoms with Crippen molar-refractivity contribution in [2.75, 3.05) is 5.32 Å². The third kappa shape index (κ3) is 3.88. The molecule has 0 atom stereocenters. The summed E-state index contributed by atoms with van der Waals surface area (Å²) in [6, 6.07) is 15.5. The van der Waals surface area contributed by atoms with Gasteiger partial charge in [0.1, 0.15) is 22.3 Å². The summed E-state index contributed by atoms with van der Waals surface area (Å²) in [4.78, 5) is 15.0. The van der Waals surface area contributed by atoms with Crippen LogP contribution in [0.3, 0.4) is 0 Å². The maximum absolute atomic E-state index is 11.1. The van der Waals surface area contributed by atoms with Gasteiger partial charge < -0.3 is 5.32 Å². The molecule has 0 radical (unpaired) electrons. The SMILES string of the molecule is N#CC(=CNc1ccccc1[N+](=O)[O-])c1nc(-c2ccc(Cl)cc2)cs1. The first-order chi connectivity index (χ1) is 12.6. The Hall–Kier alpha value is -3.21. The van der Waals surface area contributed by atoms with Gasteiger partial charge in [0.25, 0.3) is 5.69 Å². The van der Waals surface area contributed by atoms with Crippen LogP contribution in [-0.2, 0) is 0 Å². The zero-order valence-corrected chi connectivity index (χ0v) is 14.8. The van der Waals surface area contributed by atoms with Crippen LogP contribution in [0.1, 0.15) is 5.01 Å². The molecule has 0 unspecified atom stereocenters. The second-order valence-electron chi connectivity index (χ2n) is 5.13. The van der Waals surface area contributed by atoms with Gasteiger partial charge in [0.2, 0.25) is 0 Å². The lowest BCUT2D eigenvalue weighted by Gasteiger charge is -2.02. The first kappa shape index (κ1) is 17.6. The van der Waals surface area contributed by atoms with Crippen molar-refractivity contribution in [1.82, 2.24) is 4.98 Å². The third-order valence-corrected chi connectivity index (χ3v) is 4.60. The van der Waals surface area contributed by atoms with E-state index in [4.69, 9.17) is 11.6 Å². The molecule has 1 aromatic heterocycles. The quantitative estimate of drug-likeness (QED) is 0.365. The Morgan fingerprint density at radius 1 is 1.27 bits per heavy atom. The molecule has 3 rings (SSSR count). The lowest BCUT2D eigenvalue weighted by atomic mass is 10.2.